The molecule has 0 saturated heterocycles. The molecule has 0 spiro atoms. The second-order valence-electron chi connectivity index (χ2n) is 8.80. The van der Waals surface area contributed by atoms with E-state index in [1.165, 1.54) is 10.9 Å². The molecule has 4 heteroatoms. The molecule has 0 atom stereocenters. The van der Waals surface area contributed by atoms with Gasteiger partial charge in [0.05, 0.1) is 22.9 Å². The summed E-state index contributed by atoms with van der Waals surface area (Å²) < 4.78 is 4.55. The van der Waals surface area contributed by atoms with Gasteiger partial charge in [0.1, 0.15) is 5.82 Å². The Kier molecular flexibility index (Phi) is 4.74. The van der Waals surface area contributed by atoms with Crippen LogP contribution >= 0.6 is 0 Å². The van der Waals surface area contributed by atoms with Crippen LogP contribution in [0.4, 0.5) is 0 Å². The van der Waals surface area contributed by atoms with Gasteiger partial charge in [0.25, 0.3) is 0 Å². The van der Waals surface area contributed by atoms with Gasteiger partial charge in [-0.3, -0.25) is 9.55 Å². The Labute approximate surface area is 208 Å². The van der Waals surface area contributed by atoms with E-state index >= 15 is 0 Å². The molecule has 0 bridgehead atoms. The zero-order valence-electron chi connectivity index (χ0n) is 19.5. The van der Waals surface area contributed by atoms with Gasteiger partial charge in [0, 0.05) is 45.7 Å². The summed E-state index contributed by atoms with van der Waals surface area (Å²) in [7, 11) is 0. The van der Waals surface area contributed by atoms with Crippen LogP contribution in [0, 0.1) is 0 Å². The van der Waals surface area contributed by atoms with E-state index in [2.05, 4.69) is 117 Å². The zero-order chi connectivity index (χ0) is 23.9. The predicted molar refractivity (Wildman–Crippen MR) is 147 cm³/mol. The van der Waals surface area contributed by atoms with Crippen molar-refractivity contribution in [2.75, 3.05) is 0 Å². The average Bonchev–Trinajstić information content (AvgIpc) is 3.54. The lowest BCUT2D eigenvalue weighted by Gasteiger charge is -2.14. The van der Waals surface area contributed by atoms with Gasteiger partial charge in [-0.25, -0.2) is 4.98 Å². The number of para-hydroxylation sites is 1. The first-order valence-corrected chi connectivity index (χ1v) is 12.0. The quantitative estimate of drug-likeness (QED) is 0.269. The van der Waals surface area contributed by atoms with Crippen LogP contribution in [0.5, 0.6) is 0 Å². The van der Waals surface area contributed by atoms with Crippen molar-refractivity contribution in [2.24, 2.45) is 0 Å². The van der Waals surface area contributed by atoms with E-state index in [1.54, 1.807) is 0 Å². The van der Waals surface area contributed by atoms with E-state index in [0.717, 1.165) is 44.9 Å². The molecule has 7 rings (SSSR count). The maximum atomic E-state index is 4.84. The maximum absolute atomic E-state index is 4.84. The molecule has 36 heavy (non-hydrogen) atoms. The molecule has 0 amide bonds. The Morgan fingerprint density at radius 1 is 0.472 bits per heavy atom. The first-order valence-electron chi connectivity index (χ1n) is 12.0. The molecule has 3 aromatic heterocycles. The molecule has 0 aliphatic rings. The lowest BCUT2D eigenvalue weighted by Crippen LogP contribution is -2.01. The highest BCUT2D eigenvalue weighted by Crippen LogP contribution is 2.33. The fourth-order valence-electron chi connectivity index (χ4n) is 5.06. The van der Waals surface area contributed by atoms with E-state index in [4.69, 9.17) is 4.98 Å². The van der Waals surface area contributed by atoms with Crippen LogP contribution in [-0.2, 0) is 0 Å². The van der Waals surface area contributed by atoms with Gasteiger partial charge >= 0.3 is 0 Å². The van der Waals surface area contributed by atoms with Crippen molar-refractivity contribution in [1.29, 1.82) is 0 Å². The smallest absolute Gasteiger partial charge is 0.144 e. The Hall–Kier alpha value is -4.96. The summed E-state index contributed by atoms with van der Waals surface area (Å²) in [5.41, 5.74) is 7.77. The average molecular weight is 463 g/mol. The summed E-state index contributed by atoms with van der Waals surface area (Å²) in [5, 5.41) is 2.36. The second-order valence-corrected chi connectivity index (χ2v) is 8.80. The van der Waals surface area contributed by atoms with Gasteiger partial charge in [-0.2, -0.15) is 0 Å². The molecular formula is C32H22N4. The number of pyridine rings is 1. The van der Waals surface area contributed by atoms with Crippen LogP contribution in [0.3, 0.4) is 0 Å². The topological polar surface area (TPSA) is 35.6 Å². The Morgan fingerprint density at radius 3 is 1.83 bits per heavy atom. The van der Waals surface area contributed by atoms with Crippen molar-refractivity contribution < 1.29 is 0 Å². The minimum atomic E-state index is 0.921. The summed E-state index contributed by atoms with van der Waals surface area (Å²) in [4.78, 5) is 9.22. The highest BCUT2D eigenvalue weighted by Gasteiger charge is 2.16. The molecule has 3 heterocycles. The van der Waals surface area contributed by atoms with E-state index in [1.807, 2.05) is 30.7 Å². The molecule has 4 nitrogen and oxygen atoms in total. The molecule has 0 radical (unpaired) electrons. The van der Waals surface area contributed by atoms with Crippen molar-refractivity contribution in [3.63, 3.8) is 0 Å². The molecule has 0 aliphatic carbocycles. The van der Waals surface area contributed by atoms with Crippen molar-refractivity contribution >= 4 is 21.8 Å². The predicted octanol–water partition coefficient (Wildman–Crippen LogP) is 7.70. The summed E-state index contributed by atoms with van der Waals surface area (Å²) in [6.07, 6.45) is 5.77. The molecule has 7 aromatic rings. The number of fused-ring (bicyclic) bond motifs is 3. The number of aromatic nitrogens is 4. The highest BCUT2D eigenvalue weighted by atomic mass is 15.1. The SMILES string of the molecule is c1ccc(-c2cnc(-c3ccccc3)n2-c2ccc(-n3c4ccccc4c4cnccc43)cc2)cc1. The third kappa shape index (κ3) is 3.23. The summed E-state index contributed by atoms with van der Waals surface area (Å²) in [6, 6.07) is 40.1. The van der Waals surface area contributed by atoms with E-state index in [9.17, 15) is 0 Å². The van der Waals surface area contributed by atoms with Gasteiger partial charge in [0.15, 0.2) is 0 Å². The van der Waals surface area contributed by atoms with E-state index in [0.29, 0.717) is 0 Å². The maximum Gasteiger partial charge on any atom is 0.144 e. The third-order valence-corrected chi connectivity index (χ3v) is 6.70. The lowest BCUT2D eigenvalue weighted by atomic mass is 10.1. The van der Waals surface area contributed by atoms with Crippen LogP contribution in [0.2, 0.25) is 0 Å². The number of rotatable bonds is 4. The largest absolute Gasteiger partial charge is 0.309 e. The normalized spacial score (nSPS) is 11.3. The second kappa shape index (κ2) is 8.36. The van der Waals surface area contributed by atoms with Gasteiger partial charge in [-0.15, -0.1) is 0 Å². The number of hydrogen-bond donors (Lipinski definition) is 0. The van der Waals surface area contributed by atoms with Gasteiger partial charge < -0.3 is 4.57 Å². The van der Waals surface area contributed by atoms with Gasteiger partial charge in [-0.05, 0) is 36.4 Å². The Balaban J connectivity index is 1.41. The molecular weight excluding hydrogens is 440 g/mol. The molecule has 0 unspecified atom stereocenters. The molecule has 0 aliphatic heterocycles. The van der Waals surface area contributed by atoms with Crippen LogP contribution in [0.1, 0.15) is 0 Å². The van der Waals surface area contributed by atoms with Crippen molar-refractivity contribution in [3.05, 3.63) is 134 Å². The first-order chi connectivity index (χ1) is 17.9. The van der Waals surface area contributed by atoms with Crippen LogP contribution in [0.25, 0.3) is 55.8 Å². The standard InChI is InChI=1S/C32H22N4/c1-3-9-23(10-4-1)31-22-34-32(24-11-5-2-6-12-24)36(31)26-17-15-25(16-18-26)35-29-14-8-7-13-27(29)28-21-33-20-19-30(28)35/h1-22H. The first kappa shape index (κ1) is 20.4. The van der Waals surface area contributed by atoms with Crippen molar-refractivity contribution in [1.82, 2.24) is 19.1 Å². The molecule has 170 valence electrons. The van der Waals surface area contributed by atoms with Crippen molar-refractivity contribution in [3.8, 4) is 34.0 Å². The van der Waals surface area contributed by atoms with Crippen LogP contribution in [-0.4, -0.2) is 19.1 Å². The summed E-state index contributed by atoms with van der Waals surface area (Å²) in [6.45, 7) is 0. The van der Waals surface area contributed by atoms with Gasteiger partial charge in [0.2, 0.25) is 0 Å². The monoisotopic (exact) mass is 462 g/mol. The Bertz CT molecular complexity index is 1700. The van der Waals surface area contributed by atoms with Crippen LogP contribution in [0.15, 0.2) is 134 Å². The highest BCUT2D eigenvalue weighted by molar-refractivity contribution is 6.08. The van der Waals surface area contributed by atoms with Crippen molar-refractivity contribution in [2.45, 2.75) is 0 Å². The van der Waals surface area contributed by atoms with Crippen LogP contribution < -0.4 is 0 Å². The molecule has 0 saturated carbocycles. The Morgan fingerprint density at radius 2 is 1.08 bits per heavy atom. The fourth-order valence-corrected chi connectivity index (χ4v) is 5.06. The number of imidazole rings is 1. The van der Waals surface area contributed by atoms with E-state index < -0.39 is 0 Å². The fraction of sp³-hybridized carbons (Fsp3) is 0. The summed E-state index contributed by atoms with van der Waals surface area (Å²) in [5.74, 6) is 0.921. The molecule has 4 aromatic carbocycles. The zero-order valence-corrected chi connectivity index (χ0v) is 19.5. The minimum absolute atomic E-state index is 0.921. The van der Waals surface area contributed by atoms with Gasteiger partial charge in [-0.1, -0.05) is 78.9 Å². The number of hydrogen-bond acceptors (Lipinski definition) is 2. The van der Waals surface area contributed by atoms with E-state index in [-0.39, 0.29) is 0 Å². The lowest BCUT2D eigenvalue weighted by molar-refractivity contribution is 1.07. The molecule has 0 fully saturated rings. The molecule has 0 N–H and O–H groups in total. The summed E-state index contributed by atoms with van der Waals surface area (Å²) >= 11 is 0. The minimum Gasteiger partial charge on any atom is -0.309 e. The number of nitrogens with zero attached hydrogens (tertiary/aromatic N) is 4. The number of benzene rings is 4. The third-order valence-electron chi connectivity index (χ3n) is 6.70.